The molecule has 0 radical (unpaired) electrons. The average molecular weight is 332 g/mol. The van der Waals surface area contributed by atoms with E-state index >= 15 is 0 Å². The Hall–Kier alpha value is -3.21. The van der Waals surface area contributed by atoms with Gasteiger partial charge < -0.3 is 10.6 Å². The second-order valence-corrected chi connectivity index (χ2v) is 6.07. The van der Waals surface area contributed by atoms with E-state index in [1.54, 1.807) is 12.1 Å². The van der Waals surface area contributed by atoms with Crippen LogP contribution in [-0.4, -0.2) is 16.1 Å². The number of hydrogen-bond donors (Lipinski definition) is 2. The Balaban J connectivity index is 1.70. The quantitative estimate of drug-likeness (QED) is 0.743. The van der Waals surface area contributed by atoms with E-state index in [9.17, 15) is 4.79 Å². The van der Waals surface area contributed by atoms with Gasteiger partial charge in [0.05, 0.1) is 0 Å². The van der Waals surface area contributed by atoms with Crippen molar-refractivity contribution in [1.82, 2.24) is 10.2 Å². The summed E-state index contributed by atoms with van der Waals surface area (Å²) in [5.74, 6) is 0.315. The predicted octanol–water partition coefficient (Wildman–Crippen LogP) is 4.40. The van der Waals surface area contributed by atoms with Gasteiger partial charge >= 0.3 is 0 Å². The zero-order chi connectivity index (χ0) is 17.8. The molecule has 0 fully saturated rings. The number of carbonyl (C=O) groups excluding carboxylic acids is 1. The summed E-state index contributed by atoms with van der Waals surface area (Å²) in [6.07, 6.45) is 0. The first-order valence-electron chi connectivity index (χ1n) is 8.07. The van der Waals surface area contributed by atoms with Crippen LogP contribution in [-0.2, 0) is 0 Å². The number of hydrogen-bond acceptors (Lipinski definition) is 4. The first-order chi connectivity index (χ1) is 12.0. The van der Waals surface area contributed by atoms with Gasteiger partial charge in [0, 0.05) is 11.4 Å². The van der Waals surface area contributed by atoms with Crippen LogP contribution >= 0.6 is 0 Å². The Morgan fingerprint density at radius 2 is 1.68 bits per heavy atom. The second-order valence-electron chi connectivity index (χ2n) is 6.07. The third kappa shape index (κ3) is 4.20. The zero-order valence-electron chi connectivity index (χ0n) is 14.5. The van der Waals surface area contributed by atoms with Crippen molar-refractivity contribution in [1.29, 1.82) is 0 Å². The molecule has 5 nitrogen and oxygen atoms in total. The van der Waals surface area contributed by atoms with Gasteiger partial charge in [-0.1, -0.05) is 29.8 Å². The summed E-state index contributed by atoms with van der Waals surface area (Å²) >= 11 is 0. The van der Waals surface area contributed by atoms with Gasteiger partial charge in [0.15, 0.2) is 11.5 Å². The van der Waals surface area contributed by atoms with Crippen molar-refractivity contribution in [2.45, 2.75) is 20.8 Å². The zero-order valence-corrected chi connectivity index (χ0v) is 14.5. The van der Waals surface area contributed by atoms with E-state index < -0.39 is 0 Å². The van der Waals surface area contributed by atoms with Crippen LogP contribution in [0.5, 0.6) is 0 Å². The molecular weight excluding hydrogens is 312 g/mol. The van der Waals surface area contributed by atoms with Crippen molar-refractivity contribution >= 4 is 23.1 Å². The number of amides is 1. The summed E-state index contributed by atoms with van der Waals surface area (Å²) in [7, 11) is 0. The van der Waals surface area contributed by atoms with Gasteiger partial charge in [-0.3, -0.25) is 4.79 Å². The van der Waals surface area contributed by atoms with Gasteiger partial charge in [-0.15, -0.1) is 10.2 Å². The minimum Gasteiger partial charge on any atom is -0.339 e. The molecule has 0 saturated carbocycles. The van der Waals surface area contributed by atoms with E-state index in [4.69, 9.17) is 0 Å². The van der Waals surface area contributed by atoms with E-state index in [-0.39, 0.29) is 11.6 Å². The molecule has 0 aliphatic carbocycles. The van der Waals surface area contributed by atoms with E-state index in [0.717, 1.165) is 22.5 Å². The molecule has 25 heavy (non-hydrogen) atoms. The summed E-state index contributed by atoms with van der Waals surface area (Å²) in [4.78, 5) is 12.3. The fourth-order valence-corrected chi connectivity index (χ4v) is 2.53. The van der Waals surface area contributed by atoms with Gasteiger partial charge in [0.2, 0.25) is 0 Å². The molecule has 3 aromatic rings. The summed E-state index contributed by atoms with van der Waals surface area (Å²) < 4.78 is 0. The fraction of sp³-hybridized carbons (Fsp3) is 0.150. The number of nitrogens with one attached hydrogen (secondary N) is 2. The molecule has 1 aromatic heterocycles. The van der Waals surface area contributed by atoms with E-state index in [2.05, 4.69) is 33.8 Å². The summed E-state index contributed by atoms with van der Waals surface area (Å²) in [6.45, 7) is 6.06. The number of carbonyl (C=O) groups is 1. The molecule has 0 spiro atoms. The smallest absolute Gasteiger partial charge is 0.276 e. The number of rotatable bonds is 4. The Bertz CT molecular complexity index is 904. The molecule has 126 valence electrons. The normalized spacial score (nSPS) is 10.4. The maximum absolute atomic E-state index is 12.3. The summed E-state index contributed by atoms with van der Waals surface area (Å²) in [5.41, 5.74) is 5.39. The van der Waals surface area contributed by atoms with Crippen LogP contribution in [0.15, 0.2) is 54.6 Å². The van der Waals surface area contributed by atoms with Crippen molar-refractivity contribution < 1.29 is 4.79 Å². The fourth-order valence-electron chi connectivity index (χ4n) is 2.53. The van der Waals surface area contributed by atoms with Crippen LogP contribution in [0.25, 0.3) is 0 Å². The molecular formula is C20H20N4O. The van der Waals surface area contributed by atoms with E-state index in [1.807, 2.05) is 50.2 Å². The molecule has 2 N–H and O–H groups in total. The highest BCUT2D eigenvalue weighted by molar-refractivity contribution is 6.02. The molecule has 0 atom stereocenters. The molecule has 0 unspecified atom stereocenters. The lowest BCUT2D eigenvalue weighted by molar-refractivity contribution is 0.102. The highest BCUT2D eigenvalue weighted by atomic mass is 16.1. The molecule has 5 heteroatoms. The minimum atomic E-state index is -0.281. The number of aryl methyl sites for hydroxylation is 3. The first kappa shape index (κ1) is 16.6. The van der Waals surface area contributed by atoms with E-state index in [0.29, 0.717) is 5.82 Å². The van der Waals surface area contributed by atoms with Crippen LogP contribution in [0, 0.1) is 20.8 Å². The third-order valence-electron chi connectivity index (χ3n) is 3.82. The van der Waals surface area contributed by atoms with Crippen LogP contribution < -0.4 is 10.6 Å². The number of benzene rings is 2. The molecule has 0 aliphatic rings. The lowest BCUT2D eigenvalue weighted by atomic mass is 10.1. The standard InChI is InChI=1S/C20H20N4O/c1-13-5-4-6-16(12-13)21-20(25)18-9-10-19(24-23-18)22-17-8-7-14(2)11-15(17)3/h4-12H,1-3H3,(H,21,25)(H,22,24). The molecule has 1 heterocycles. The highest BCUT2D eigenvalue weighted by Crippen LogP contribution is 2.20. The van der Waals surface area contributed by atoms with Crippen LogP contribution in [0.4, 0.5) is 17.2 Å². The van der Waals surface area contributed by atoms with Gasteiger partial charge in [0.1, 0.15) is 0 Å². The first-order valence-corrected chi connectivity index (χ1v) is 8.07. The predicted molar refractivity (Wildman–Crippen MR) is 100 cm³/mol. The van der Waals surface area contributed by atoms with Crippen molar-refractivity contribution in [3.8, 4) is 0 Å². The lowest BCUT2D eigenvalue weighted by Crippen LogP contribution is -2.14. The topological polar surface area (TPSA) is 66.9 Å². The monoisotopic (exact) mass is 332 g/mol. The van der Waals surface area contributed by atoms with Gasteiger partial charge in [-0.25, -0.2) is 0 Å². The van der Waals surface area contributed by atoms with Gasteiger partial charge in [0.25, 0.3) is 5.91 Å². The van der Waals surface area contributed by atoms with Crippen LogP contribution in [0.3, 0.4) is 0 Å². The molecule has 0 saturated heterocycles. The Kier molecular flexibility index (Phi) is 4.75. The maximum Gasteiger partial charge on any atom is 0.276 e. The Morgan fingerprint density at radius 3 is 2.36 bits per heavy atom. The molecule has 1 amide bonds. The third-order valence-corrected chi connectivity index (χ3v) is 3.82. The minimum absolute atomic E-state index is 0.271. The van der Waals surface area contributed by atoms with Crippen LogP contribution in [0.2, 0.25) is 0 Å². The molecule has 0 bridgehead atoms. The average Bonchev–Trinajstić information content (AvgIpc) is 2.58. The summed E-state index contributed by atoms with van der Waals surface area (Å²) in [6, 6.07) is 17.2. The van der Waals surface area contributed by atoms with Crippen molar-refractivity contribution in [2.24, 2.45) is 0 Å². The van der Waals surface area contributed by atoms with Crippen molar-refractivity contribution in [3.63, 3.8) is 0 Å². The van der Waals surface area contributed by atoms with Crippen molar-refractivity contribution in [3.05, 3.63) is 77.0 Å². The molecule has 0 aliphatic heterocycles. The molecule has 2 aromatic carbocycles. The molecule has 3 rings (SSSR count). The highest BCUT2D eigenvalue weighted by Gasteiger charge is 2.09. The number of aromatic nitrogens is 2. The van der Waals surface area contributed by atoms with Crippen LogP contribution in [0.1, 0.15) is 27.2 Å². The Morgan fingerprint density at radius 1 is 0.880 bits per heavy atom. The van der Waals surface area contributed by atoms with Crippen molar-refractivity contribution in [2.75, 3.05) is 10.6 Å². The van der Waals surface area contributed by atoms with Gasteiger partial charge in [-0.2, -0.15) is 0 Å². The largest absolute Gasteiger partial charge is 0.339 e. The SMILES string of the molecule is Cc1cccc(NC(=O)c2ccc(Nc3ccc(C)cc3C)nn2)c1. The number of anilines is 3. The van der Waals surface area contributed by atoms with Gasteiger partial charge in [-0.05, 0) is 62.2 Å². The van der Waals surface area contributed by atoms with E-state index in [1.165, 1.54) is 5.56 Å². The Labute approximate surface area is 147 Å². The lowest BCUT2D eigenvalue weighted by Gasteiger charge is -2.09. The second kappa shape index (κ2) is 7.13. The summed E-state index contributed by atoms with van der Waals surface area (Å²) in [5, 5.41) is 14.2. The number of nitrogens with zero attached hydrogens (tertiary/aromatic N) is 2. The maximum atomic E-state index is 12.3.